The molecule has 2 heteroatoms. The van der Waals surface area contributed by atoms with Gasteiger partial charge in [-0.15, -0.1) is 0 Å². The molecule has 0 saturated heterocycles. The van der Waals surface area contributed by atoms with E-state index < -0.39 is 5.60 Å². The zero-order chi connectivity index (χ0) is 11.9. The molecule has 3 unspecified atom stereocenters. The predicted molar refractivity (Wildman–Crippen MR) is 65.3 cm³/mol. The molecule has 3 aliphatic carbocycles. The molecule has 1 aromatic rings. The number of hydrogen-bond acceptors (Lipinski definition) is 2. The van der Waals surface area contributed by atoms with Crippen molar-refractivity contribution in [2.75, 3.05) is 0 Å². The zero-order valence-electron chi connectivity index (χ0n) is 9.67. The van der Waals surface area contributed by atoms with E-state index in [0.717, 1.165) is 18.4 Å². The number of hydrogen-bond donors (Lipinski definition) is 1. The molecular formula is C15H16O2. The van der Waals surface area contributed by atoms with Gasteiger partial charge in [0.2, 0.25) is 0 Å². The second-order valence-electron chi connectivity index (χ2n) is 5.09. The van der Waals surface area contributed by atoms with Crippen LogP contribution in [-0.2, 0) is 10.4 Å². The van der Waals surface area contributed by atoms with Gasteiger partial charge in [0.1, 0.15) is 0 Å². The van der Waals surface area contributed by atoms with Crippen LogP contribution in [0, 0.1) is 11.8 Å². The quantitative estimate of drug-likeness (QED) is 0.749. The average molecular weight is 228 g/mol. The van der Waals surface area contributed by atoms with Gasteiger partial charge >= 0.3 is 0 Å². The fourth-order valence-electron chi connectivity index (χ4n) is 3.06. The van der Waals surface area contributed by atoms with Gasteiger partial charge in [0.15, 0.2) is 11.4 Å². The van der Waals surface area contributed by atoms with Crippen molar-refractivity contribution in [1.82, 2.24) is 0 Å². The number of ketones is 1. The first kappa shape index (κ1) is 10.7. The van der Waals surface area contributed by atoms with Crippen LogP contribution in [0.3, 0.4) is 0 Å². The second kappa shape index (κ2) is 3.81. The van der Waals surface area contributed by atoms with E-state index >= 15 is 0 Å². The Balaban J connectivity index is 2.10. The van der Waals surface area contributed by atoms with Gasteiger partial charge in [0.25, 0.3) is 0 Å². The highest BCUT2D eigenvalue weighted by molar-refractivity contribution is 5.90. The standard InChI is InChI=1S/C15H16O2/c16-14-10-11-6-8-13(9-7-11)15(14,17)12-4-2-1-3-5-12/h1-6,8,11,13,17H,7,9-10H2. The zero-order valence-corrected chi connectivity index (χ0v) is 9.67. The lowest BCUT2D eigenvalue weighted by Gasteiger charge is -2.32. The Hall–Kier alpha value is -1.41. The average Bonchev–Trinajstić information content (AvgIpc) is 2.58. The summed E-state index contributed by atoms with van der Waals surface area (Å²) in [5.41, 5.74) is -0.564. The minimum atomic E-state index is -1.30. The first-order chi connectivity index (χ1) is 8.21. The molecule has 0 spiro atoms. The molecule has 3 aliphatic rings. The number of carbonyl (C=O) groups is 1. The van der Waals surface area contributed by atoms with E-state index in [4.69, 9.17) is 0 Å². The third-order valence-electron chi connectivity index (χ3n) is 4.09. The monoisotopic (exact) mass is 228 g/mol. The van der Waals surface area contributed by atoms with Crippen molar-refractivity contribution < 1.29 is 9.90 Å². The lowest BCUT2D eigenvalue weighted by Crippen LogP contribution is -2.40. The first-order valence-corrected chi connectivity index (χ1v) is 6.21. The highest BCUT2D eigenvalue weighted by Crippen LogP contribution is 2.43. The van der Waals surface area contributed by atoms with E-state index in [1.54, 1.807) is 0 Å². The summed E-state index contributed by atoms with van der Waals surface area (Å²) in [4.78, 5) is 12.3. The Morgan fingerprint density at radius 1 is 1.12 bits per heavy atom. The third-order valence-corrected chi connectivity index (χ3v) is 4.09. The maximum absolute atomic E-state index is 12.3. The van der Waals surface area contributed by atoms with Crippen LogP contribution in [0.15, 0.2) is 42.5 Å². The molecule has 0 aromatic heterocycles. The number of Topliss-reactive ketones (excluding diaryl/α,β-unsaturated/α-hetero) is 1. The van der Waals surface area contributed by atoms with Gasteiger partial charge in [-0.2, -0.15) is 0 Å². The Morgan fingerprint density at radius 2 is 1.88 bits per heavy atom. The van der Waals surface area contributed by atoms with Crippen LogP contribution in [0.5, 0.6) is 0 Å². The van der Waals surface area contributed by atoms with Crippen molar-refractivity contribution in [2.24, 2.45) is 11.8 Å². The predicted octanol–water partition coefficient (Wildman–Crippen LogP) is 2.43. The van der Waals surface area contributed by atoms with Gasteiger partial charge < -0.3 is 5.11 Å². The van der Waals surface area contributed by atoms with Gasteiger partial charge in [-0.05, 0) is 24.3 Å². The molecule has 0 heterocycles. The molecule has 88 valence electrons. The summed E-state index contributed by atoms with van der Waals surface area (Å²) < 4.78 is 0. The van der Waals surface area contributed by atoms with Crippen molar-refractivity contribution in [3.63, 3.8) is 0 Å². The minimum Gasteiger partial charge on any atom is -0.377 e. The largest absolute Gasteiger partial charge is 0.377 e. The number of benzene rings is 1. The van der Waals surface area contributed by atoms with Crippen LogP contribution in [0.4, 0.5) is 0 Å². The van der Waals surface area contributed by atoms with Gasteiger partial charge in [0.05, 0.1) is 0 Å². The van der Waals surface area contributed by atoms with Crippen LogP contribution in [-0.4, -0.2) is 10.9 Å². The van der Waals surface area contributed by atoms with E-state index in [1.807, 2.05) is 36.4 Å². The van der Waals surface area contributed by atoms with Gasteiger partial charge in [-0.1, -0.05) is 42.5 Å². The number of fused-ring (bicyclic) bond motifs is 3. The van der Waals surface area contributed by atoms with E-state index in [2.05, 4.69) is 6.08 Å². The van der Waals surface area contributed by atoms with Crippen molar-refractivity contribution in [3.05, 3.63) is 48.0 Å². The molecule has 2 bridgehead atoms. The van der Waals surface area contributed by atoms with E-state index in [-0.39, 0.29) is 11.7 Å². The van der Waals surface area contributed by atoms with Gasteiger partial charge in [-0.25, -0.2) is 0 Å². The third kappa shape index (κ3) is 1.55. The molecule has 0 radical (unpaired) electrons. The van der Waals surface area contributed by atoms with E-state index in [9.17, 15) is 9.90 Å². The van der Waals surface area contributed by atoms with Crippen LogP contribution in [0.2, 0.25) is 0 Å². The SMILES string of the molecule is O=C1CC2C=CC(CC2)C1(O)c1ccccc1. The number of rotatable bonds is 1. The fourth-order valence-corrected chi connectivity index (χ4v) is 3.06. The van der Waals surface area contributed by atoms with Gasteiger partial charge in [0, 0.05) is 12.3 Å². The van der Waals surface area contributed by atoms with Crippen molar-refractivity contribution in [3.8, 4) is 0 Å². The summed E-state index contributed by atoms with van der Waals surface area (Å²) in [6.45, 7) is 0. The normalized spacial score (nSPS) is 35.9. The highest BCUT2D eigenvalue weighted by atomic mass is 16.3. The summed E-state index contributed by atoms with van der Waals surface area (Å²) in [7, 11) is 0. The number of aliphatic hydroxyl groups is 1. The molecule has 3 atom stereocenters. The number of allylic oxidation sites excluding steroid dienone is 1. The maximum atomic E-state index is 12.3. The molecule has 1 aromatic carbocycles. The van der Waals surface area contributed by atoms with Crippen molar-refractivity contribution in [1.29, 1.82) is 0 Å². The molecule has 2 nitrogen and oxygen atoms in total. The Bertz CT molecular complexity index is 463. The topological polar surface area (TPSA) is 37.3 Å². The van der Waals surface area contributed by atoms with E-state index in [1.165, 1.54) is 0 Å². The lowest BCUT2D eigenvalue weighted by molar-refractivity contribution is -0.141. The van der Waals surface area contributed by atoms with Crippen LogP contribution in [0.25, 0.3) is 0 Å². The Labute approximate surface area is 101 Å². The summed E-state index contributed by atoms with van der Waals surface area (Å²) in [6.07, 6.45) is 6.53. The van der Waals surface area contributed by atoms with Crippen molar-refractivity contribution in [2.45, 2.75) is 24.9 Å². The van der Waals surface area contributed by atoms with Crippen LogP contribution < -0.4 is 0 Å². The summed E-state index contributed by atoms with van der Waals surface area (Å²) in [5.74, 6) is 0.244. The molecule has 0 amide bonds. The van der Waals surface area contributed by atoms with Crippen LogP contribution in [0.1, 0.15) is 24.8 Å². The Morgan fingerprint density at radius 3 is 2.53 bits per heavy atom. The molecule has 4 rings (SSSR count). The summed E-state index contributed by atoms with van der Waals surface area (Å²) in [6, 6.07) is 9.36. The first-order valence-electron chi connectivity index (χ1n) is 6.21. The molecule has 17 heavy (non-hydrogen) atoms. The molecule has 1 N–H and O–H groups in total. The Kier molecular flexibility index (Phi) is 2.40. The van der Waals surface area contributed by atoms with Crippen LogP contribution >= 0.6 is 0 Å². The van der Waals surface area contributed by atoms with E-state index in [0.29, 0.717) is 12.3 Å². The smallest absolute Gasteiger partial charge is 0.170 e. The second-order valence-corrected chi connectivity index (χ2v) is 5.09. The maximum Gasteiger partial charge on any atom is 0.170 e. The summed E-state index contributed by atoms with van der Waals surface area (Å²) >= 11 is 0. The molecule has 1 saturated carbocycles. The van der Waals surface area contributed by atoms with Crippen molar-refractivity contribution >= 4 is 5.78 Å². The minimum absolute atomic E-state index is 0.0267. The summed E-state index contributed by atoms with van der Waals surface area (Å²) in [5, 5.41) is 10.9. The fraction of sp³-hybridized carbons (Fsp3) is 0.400. The lowest BCUT2D eigenvalue weighted by atomic mass is 9.77. The molecule has 0 aliphatic heterocycles. The van der Waals surface area contributed by atoms with Gasteiger partial charge in [-0.3, -0.25) is 4.79 Å². The molecular weight excluding hydrogens is 212 g/mol. The highest BCUT2D eigenvalue weighted by Gasteiger charge is 2.47. The molecule has 1 fully saturated rings. The number of carbonyl (C=O) groups excluding carboxylic acids is 1.